The zero-order chi connectivity index (χ0) is 22.5. The van der Waals surface area contributed by atoms with Crippen molar-refractivity contribution < 1.29 is 9.90 Å². The molecular weight excluding hydrogens is 406 g/mol. The Bertz CT molecular complexity index is 1260. The van der Waals surface area contributed by atoms with E-state index < -0.39 is 6.04 Å². The van der Waals surface area contributed by atoms with E-state index in [4.69, 9.17) is 11.5 Å². The molecule has 0 saturated heterocycles. The third kappa shape index (κ3) is 5.01. The summed E-state index contributed by atoms with van der Waals surface area (Å²) in [7, 11) is 0. The summed E-state index contributed by atoms with van der Waals surface area (Å²) >= 11 is 0. The molecule has 2 heterocycles. The van der Waals surface area contributed by atoms with Crippen LogP contribution in [0.2, 0.25) is 0 Å². The third-order valence-corrected chi connectivity index (χ3v) is 5.09. The number of nitrogens with two attached hydrogens (primary N) is 2. The van der Waals surface area contributed by atoms with Gasteiger partial charge in [-0.15, -0.1) is 0 Å². The molecule has 0 saturated carbocycles. The molecule has 9 nitrogen and oxygen atoms in total. The molecule has 4 rings (SSSR count). The summed E-state index contributed by atoms with van der Waals surface area (Å²) in [6.45, 7) is 2.10. The van der Waals surface area contributed by atoms with Crippen molar-refractivity contribution in [2.24, 2.45) is 26.4 Å². The van der Waals surface area contributed by atoms with E-state index in [-0.39, 0.29) is 17.6 Å². The summed E-state index contributed by atoms with van der Waals surface area (Å²) in [5.41, 5.74) is 14.5. The average Bonchev–Trinajstić information content (AvgIpc) is 3.19. The zero-order valence-corrected chi connectivity index (χ0v) is 17.5. The van der Waals surface area contributed by atoms with Gasteiger partial charge in [0.25, 0.3) is 5.91 Å². The highest BCUT2D eigenvalue weighted by Crippen LogP contribution is 2.22. The fourth-order valence-electron chi connectivity index (χ4n) is 3.49. The van der Waals surface area contributed by atoms with Crippen LogP contribution in [0, 0.1) is 0 Å². The minimum absolute atomic E-state index is 0.109. The van der Waals surface area contributed by atoms with Crippen LogP contribution in [0.1, 0.15) is 23.6 Å². The molecule has 7 N–H and O–H groups in total. The van der Waals surface area contributed by atoms with Gasteiger partial charge in [0.2, 0.25) is 0 Å². The molecule has 9 heteroatoms. The van der Waals surface area contributed by atoms with Gasteiger partial charge in [-0.2, -0.15) is 4.99 Å². The van der Waals surface area contributed by atoms with E-state index in [2.05, 4.69) is 25.3 Å². The number of amides is 1. The number of phenols is 1. The number of aromatic hydroxyl groups is 1. The van der Waals surface area contributed by atoms with E-state index in [1.165, 1.54) is 0 Å². The topological polar surface area (TPSA) is 154 Å². The molecule has 1 unspecified atom stereocenters. The number of aromatic amines is 1. The van der Waals surface area contributed by atoms with Crippen LogP contribution in [0.15, 0.2) is 69.6 Å². The number of fused-ring (bicyclic) bond motifs is 1. The van der Waals surface area contributed by atoms with Crippen molar-refractivity contribution in [2.45, 2.75) is 19.0 Å². The van der Waals surface area contributed by atoms with Crippen LogP contribution >= 0.6 is 0 Å². The van der Waals surface area contributed by atoms with E-state index in [0.29, 0.717) is 23.9 Å². The molecule has 0 radical (unpaired) electrons. The first kappa shape index (κ1) is 21.3. The van der Waals surface area contributed by atoms with Gasteiger partial charge in [0.1, 0.15) is 11.1 Å². The lowest BCUT2D eigenvalue weighted by Gasteiger charge is -2.12. The normalized spacial score (nSPS) is 14.9. The lowest BCUT2D eigenvalue weighted by Crippen LogP contribution is -2.32. The number of hydrogen-bond acceptors (Lipinski definition) is 5. The number of carbonyl (C=O) groups is 1. The Morgan fingerprint density at radius 2 is 1.97 bits per heavy atom. The van der Waals surface area contributed by atoms with Gasteiger partial charge in [-0.05, 0) is 42.3 Å². The molecule has 0 fully saturated rings. The Labute approximate surface area is 184 Å². The van der Waals surface area contributed by atoms with E-state index in [0.717, 1.165) is 35.3 Å². The second-order valence-electron chi connectivity index (χ2n) is 7.53. The minimum Gasteiger partial charge on any atom is -0.508 e. The minimum atomic E-state index is -0.670. The second kappa shape index (κ2) is 9.44. The van der Waals surface area contributed by atoms with Gasteiger partial charge in [0, 0.05) is 24.3 Å². The number of nitrogens with one attached hydrogen (secondary N) is 2. The molecule has 3 aromatic rings. The van der Waals surface area contributed by atoms with Gasteiger partial charge in [-0.3, -0.25) is 14.8 Å². The third-order valence-electron chi connectivity index (χ3n) is 5.09. The zero-order valence-electron chi connectivity index (χ0n) is 17.5. The van der Waals surface area contributed by atoms with Crippen LogP contribution in [0.4, 0.5) is 0 Å². The number of rotatable bonds is 8. The van der Waals surface area contributed by atoms with E-state index in [1.54, 1.807) is 18.2 Å². The lowest BCUT2D eigenvalue weighted by molar-refractivity contribution is -0.119. The maximum absolute atomic E-state index is 12.6. The van der Waals surface area contributed by atoms with Crippen molar-refractivity contribution in [3.05, 3.63) is 76.6 Å². The summed E-state index contributed by atoms with van der Waals surface area (Å²) in [6, 6.07) is 15.8. The number of H-pyrrole nitrogens is 1. The first-order chi connectivity index (χ1) is 15.5. The summed E-state index contributed by atoms with van der Waals surface area (Å²) in [5.74, 6) is -0.0361. The van der Waals surface area contributed by atoms with Gasteiger partial charge in [0.15, 0.2) is 17.5 Å². The smallest absolute Gasteiger partial charge is 0.277 e. The van der Waals surface area contributed by atoms with Crippen LogP contribution in [-0.2, 0) is 11.3 Å². The van der Waals surface area contributed by atoms with Crippen molar-refractivity contribution in [3.8, 4) is 17.0 Å². The van der Waals surface area contributed by atoms with Gasteiger partial charge in [-0.1, -0.05) is 36.4 Å². The van der Waals surface area contributed by atoms with E-state index in [1.807, 2.05) is 36.4 Å². The van der Waals surface area contributed by atoms with Gasteiger partial charge in [-0.25, -0.2) is 0 Å². The fourth-order valence-corrected chi connectivity index (χ4v) is 3.49. The van der Waals surface area contributed by atoms with Crippen LogP contribution in [-0.4, -0.2) is 35.0 Å². The highest BCUT2D eigenvalue weighted by molar-refractivity contribution is 5.84. The summed E-state index contributed by atoms with van der Waals surface area (Å²) in [5, 5.41) is 13.7. The number of benzene rings is 2. The number of hydrogen-bond donors (Lipinski definition) is 5. The predicted octanol–water partition coefficient (Wildman–Crippen LogP) is 0.661. The Hall–Kier alpha value is -3.98. The largest absolute Gasteiger partial charge is 0.508 e. The quantitative estimate of drug-likeness (QED) is 0.201. The average molecular weight is 432 g/mol. The van der Waals surface area contributed by atoms with Crippen LogP contribution in [0.3, 0.4) is 0 Å². The maximum Gasteiger partial charge on any atom is 0.277 e. The van der Waals surface area contributed by atoms with Crippen molar-refractivity contribution in [1.82, 2.24) is 10.3 Å². The van der Waals surface area contributed by atoms with Crippen LogP contribution in [0.5, 0.6) is 5.75 Å². The molecule has 1 atom stereocenters. The van der Waals surface area contributed by atoms with Crippen molar-refractivity contribution >= 4 is 11.9 Å². The molecular formula is C23H25N7O2. The predicted molar refractivity (Wildman–Crippen MR) is 121 cm³/mol. The monoisotopic (exact) mass is 431 g/mol. The Morgan fingerprint density at radius 1 is 1.16 bits per heavy atom. The highest BCUT2D eigenvalue weighted by atomic mass is 16.3. The number of phenolic OH excluding ortho intramolecular Hbond substituents is 1. The maximum atomic E-state index is 12.6. The van der Waals surface area contributed by atoms with Gasteiger partial charge in [0.05, 0.1) is 0 Å². The first-order valence-corrected chi connectivity index (χ1v) is 10.3. The second-order valence-corrected chi connectivity index (χ2v) is 7.53. The van der Waals surface area contributed by atoms with Crippen LogP contribution in [0.25, 0.3) is 11.3 Å². The molecule has 2 aromatic carbocycles. The Kier molecular flexibility index (Phi) is 6.27. The van der Waals surface area contributed by atoms with Gasteiger partial charge >= 0.3 is 0 Å². The molecule has 0 spiro atoms. The molecule has 0 bridgehead atoms. The lowest BCUT2D eigenvalue weighted by atomic mass is 10.0. The first-order valence-electron chi connectivity index (χ1n) is 10.3. The number of carbonyl (C=O) groups excluding carboxylic acids is 1. The molecule has 0 aliphatic carbocycles. The number of guanidine groups is 1. The summed E-state index contributed by atoms with van der Waals surface area (Å²) in [4.78, 5) is 28.5. The SMILES string of the molecule is NC(N)=NCCCNCc1ccc(C2N=c3cc(-c4cccc(O)c4)[nH]c3=NC2=O)cc1. The Balaban J connectivity index is 1.44. The van der Waals surface area contributed by atoms with Gasteiger partial charge < -0.3 is 26.9 Å². The molecule has 1 aromatic heterocycles. The highest BCUT2D eigenvalue weighted by Gasteiger charge is 2.23. The molecule has 1 amide bonds. The van der Waals surface area contributed by atoms with Crippen LogP contribution < -0.4 is 27.6 Å². The molecule has 1 aliphatic rings. The van der Waals surface area contributed by atoms with E-state index in [9.17, 15) is 9.90 Å². The number of aliphatic imine (C=N–C) groups is 1. The number of aromatic nitrogens is 1. The number of nitrogens with zero attached hydrogens (tertiary/aromatic N) is 3. The van der Waals surface area contributed by atoms with E-state index >= 15 is 0 Å². The molecule has 164 valence electrons. The standard InChI is InChI=1S/C23H25N7O2/c24-23(25)27-10-2-9-26-13-14-5-7-15(8-6-14)20-22(32)30-21-19(28-20)12-18(29-21)16-3-1-4-17(31)11-16/h1,3-8,11-12,20,26,31H,2,9-10,13H2,(H4,24,25,27)(H,29,30,32). The van der Waals surface area contributed by atoms with Crippen molar-refractivity contribution in [1.29, 1.82) is 0 Å². The molecule has 32 heavy (non-hydrogen) atoms. The van der Waals surface area contributed by atoms with Crippen molar-refractivity contribution in [3.63, 3.8) is 0 Å². The molecule has 1 aliphatic heterocycles. The summed E-state index contributed by atoms with van der Waals surface area (Å²) < 4.78 is 0. The summed E-state index contributed by atoms with van der Waals surface area (Å²) in [6.07, 6.45) is 0.844. The Morgan fingerprint density at radius 3 is 2.72 bits per heavy atom. The van der Waals surface area contributed by atoms with Crippen molar-refractivity contribution in [2.75, 3.05) is 13.1 Å². The fraction of sp³-hybridized carbons (Fsp3) is 0.217.